The van der Waals surface area contributed by atoms with Crippen LogP contribution in [0, 0.1) is 45.3 Å². The van der Waals surface area contributed by atoms with E-state index in [1.165, 1.54) is 20.9 Å². The average Bonchev–Trinajstić information content (AvgIpc) is 2.52. The minimum absolute atomic E-state index is 0.0819. The molecule has 0 saturated heterocycles. The first-order chi connectivity index (χ1) is 9.38. The Kier molecular flexibility index (Phi) is 3.84. The lowest BCUT2D eigenvalue weighted by Crippen LogP contribution is -2.28. The summed E-state index contributed by atoms with van der Waals surface area (Å²) in [6.45, 7) is 2.70. The van der Waals surface area contributed by atoms with Gasteiger partial charge in [0.25, 0.3) is 0 Å². The van der Waals surface area contributed by atoms with E-state index in [0.29, 0.717) is 0 Å². The highest BCUT2D eigenvalue weighted by molar-refractivity contribution is 5.38. The van der Waals surface area contributed by atoms with Crippen LogP contribution in [0.5, 0.6) is 0 Å². The van der Waals surface area contributed by atoms with Crippen molar-refractivity contribution in [2.75, 3.05) is 12.4 Å². The smallest absolute Gasteiger partial charge is 0.226 e. The lowest BCUT2D eigenvalue weighted by atomic mass is 9.91. The van der Waals surface area contributed by atoms with Crippen molar-refractivity contribution in [1.29, 1.82) is 21.0 Å². The molecule has 0 saturated carbocycles. The molecule has 0 spiro atoms. The average molecular weight is 266 g/mol. The van der Waals surface area contributed by atoms with E-state index in [9.17, 15) is 0 Å². The molecule has 0 aliphatic rings. The van der Waals surface area contributed by atoms with E-state index < -0.39 is 10.8 Å². The number of nitrogens with one attached hydrogen (secondary N) is 1. The van der Waals surface area contributed by atoms with Gasteiger partial charge in [-0.25, -0.2) is 4.98 Å². The van der Waals surface area contributed by atoms with Crippen LogP contribution in [0.15, 0.2) is 0 Å². The topological polar surface area (TPSA) is 146 Å². The minimum Gasteiger partial charge on any atom is -0.357 e. The van der Waals surface area contributed by atoms with Gasteiger partial charge in [0, 0.05) is 7.05 Å². The molecule has 0 atom stereocenters. The van der Waals surface area contributed by atoms with E-state index in [1.807, 2.05) is 0 Å². The fraction of sp³-hybridized carbons (Fsp3) is 0.417. The number of nitrogens with zero attached hydrogens (tertiary/aromatic N) is 7. The van der Waals surface area contributed by atoms with Gasteiger partial charge in [-0.1, -0.05) is 0 Å². The maximum Gasteiger partial charge on any atom is 0.226 e. The van der Waals surface area contributed by atoms with E-state index in [4.69, 9.17) is 21.0 Å². The van der Waals surface area contributed by atoms with Crippen LogP contribution in [-0.4, -0.2) is 22.0 Å². The Morgan fingerprint density at radius 2 is 1.15 bits per heavy atom. The van der Waals surface area contributed by atoms with Crippen LogP contribution in [0.3, 0.4) is 0 Å². The van der Waals surface area contributed by atoms with Gasteiger partial charge in [0.1, 0.15) is 0 Å². The van der Waals surface area contributed by atoms with Crippen LogP contribution in [0.2, 0.25) is 0 Å². The third-order valence-electron chi connectivity index (χ3n) is 2.65. The third kappa shape index (κ3) is 2.32. The van der Waals surface area contributed by atoms with Crippen molar-refractivity contribution in [3.05, 3.63) is 11.6 Å². The number of hydrogen-bond donors (Lipinski definition) is 1. The van der Waals surface area contributed by atoms with Gasteiger partial charge in [0.15, 0.2) is 22.5 Å². The summed E-state index contributed by atoms with van der Waals surface area (Å²) in [6, 6.07) is 7.21. The van der Waals surface area contributed by atoms with E-state index in [0.717, 1.165) is 0 Å². The van der Waals surface area contributed by atoms with Crippen molar-refractivity contribution < 1.29 is 0 Å². The fourth-order valence-corrected chi connectivity index (χ4v) is 1.18. The van der Waals surface area contributed by atoms with Crippen LogP contribution in [-0.2, 0) is 10.8 Å². The predicted molar refractivity (Wildman–Crippen MR) is 66.5 cm³/mol. The van der Waals surface area contributed by atoms with Crippen LogP contribution in [0.1, 0.15) is 25.5 Å². The Balaban J connectivity index is 3.64. The number of aromatic nitrogens is 3. The molecule has 0 radical (unpaired) electrons. The second-order valence-electron chi connectivity index (χ2n) is 4.25. The molecule has 1 heterocycles. The summed E-state index contributed by atoms with van der Waals surface area (Å²) in [7, 11) is 1.54. The number of hydrogen-bond acceptors (Lipinski definition) is 8. The largest absolute Gasteiger partial charge is 0.357 e. The van der Waals surface area contributed by atoms with Gasteiger partial charge in [-0.2, -0.15) is 31.0 Å². The van der Waals surface area contributed by atoms with Crippen LogP contribution < -0.4 is 5.32 Å². The molecule has 98 valence electrons. The van der Waals surface area contributed by atoms with Gasteiger partial charge in [-0.15, -0.1) is 0 Å². The molecule has 0 unspecified atom stereocenters. The summed E-state index contributed by atoms with van der Waals surface area (Å²) in [5.41, 5.74) is -3.18. The van der Waals surface area contributed by atoms with Crippen LogP contribution in [0.25, 0.3) is 0 Å². The Labute approximate surface area is 115 Å². The molecule has 1 rings (SSSR count). The standard InChI is InChI=1S/C12H10N8/c1-11(4-13,5-14)8-18-9(12(2,6-15)7-16)20-10(17-3)19-8/h1-3H3,(H,17,18,19,20). The first-order valence-corrected chi connectivity index (χ1v) is 5.49. The normalized spacial score (nSPS) is 10.6. The highest BCUT2D eigenvalue weighted by Gasteiger charge is 2.36. The van der Waals surface area contributed by atoms with Crippen molar-refractivity contribution >= 4 is 5.95 Å². The fourth-order valence-electron chi connectivity index (χ4n) is 1.18. The summed E-state index contributed by atoms with van der Waals surface area (Å²) in [5.74, 6) is -0.124. The molecule has 1 N–H and O–H groups in total. The molecular formula is C12H10N8. The van der Waals surface area contributed by atoms with Gasteiger partial charge >= 0.3 is 0 Å². The summed E-state index contributed by atoms with van der Waals surface area (Å²) in [6.07, 6.45) is 0. The number of nitriles is 4. The number of rotatable bonds is 3. The first kappa shape index (κ1) is 14.8. The summed E-state index contributed by atoms with van der Waals surface area (Å²) < 4.78 is 0. The maximum absolute atomic E-state index is 9.09. The van der Waals surface area contributed by atoms with Gasteiger partial charge in [0.2, 0.25) is 5.95 Å². The van der Waals surface area contributed by atoms with Crippen molar-refractivity contribution in [2.24, 2.45) is 0 Å². The predicted octanol–water partition coefficient (Wildman–Crippen LogP) is 0.523. The molecule has 0 amide bonds. The summed E-state index contributed by atoms with van der Waals surface area (Å²) in [4.78, 5) is 11.9. The molecule has 8 nitrogen and oxygen atoms in total. The zero-order valence-corrected chi connectivity index (χ0v) is 11.1. The number of anilines is 1. The molecule has 0 aromatic carbocycles. The molecular weight excluding hydrogens is 256 g/mol. The zero-order valence-electron chi connectivity index (χ0n) is 11.1. The molecule has 1 aromatic heterocycles. The highest BCUT2D eigenvalue weighted by Crippen LogP contribution is 2.24. The Hall–Kier alpha value is -3.23. The Morgan fingerprint density at radius 3 is 1.40 bits per heavy atom. The summed E-state index contributed by atoms with van der Waals surface area (Å²) in [5, 5.41) is 39.0. The third-order valence-corrected chi connectivity index (χ3v) is 2.65. The maximum atomic E-state index is 9.09. The van der Waals surface area contributed by atoms with Gasteiger partial charge in [-0.05, 0) is 13.8 Å². The van der Waals surface area contributed by atoms with Crippen molar-refractivity contribution in [3.63, 3.8) is 0 Å². The van der Waals surface area contributed by atoms with Crippen LogP contribution >= 0.6 is 0 Å². The van der Waals surface area contributed by atoms with Crippen molar-refractivity contribution in [1.82, 2.24) is 15.0 Å². The van der Waals surface area contributed by atoms with E-state index >= 15 is 0 Å². The molecule has 0 aliphatic heterocycles. The Morgan fingerprint density at radius 1 is 0.800 bits per heavy atom. The van der Waals surface area contributed by atoms with Crippen molar-refractivity contribution in [3.8, 4) is 24.3 Å². The summed E-state index contributed by atoms with van der Waals surface area (Å²) >= 11 is 0. The second-order valence-corrected chi connectivity index (χ2v) is 4.25. The monoisotopic (exact) mass is 266 g/mol. The molecule has 8 heteroatoms. The Bertz CT molecular complexity index is 610. The van der Waals surface area contributed by atoms with Gasteiger partial charge in [0.05, 0.1) is 24.3 Å². The molecule has 0 aliphatic carbocycles. The lowest BCUT2D eigenvalue weighted by molar-refractivity contribution is 0.645. The van der Waals surface area contributed by atoms with E-state index in [-0.39, 0.29) is 17.6 Å². The second kappa shape index (κ2) is 5.18. The lowest BCUT2D eigenvalue weighted by Gasteiger charge is -2.16. The highest BCUT2D eigenvalue weighted by atomic mass is 15.2. The molecule has 0 fully saturated rings. The molecule has 20 heavy (non-hydrogen) atoms. The van der Waals surface area contributed by atoms with Crippen LogP contribution in [0.4, 0.5) is 5.95 Å². The van der Waals surface area contributed by atoms with Gasteiger partial charge < -0.3 is 5.32 Å². The van der Waals surface area contributed by atoms with Crippen molar-refractivity contribution in [2.45, 2.75) is 24.7 Å². The minimum atomic E-state index is -1.59. The van der Waals surface area contributed by atoms with Gasteiger partial charge in [-0.3, -0.25) is 0 Å². The quantitative estimate of drug-likeness (QED) is 0.832. The van der Waals surface area contributed by atoms with E-state index in [1.54, 1.807) is 24.3 Å². The zero-order chi connectivity index (χ0) is 15.4. The molecule has 0 bridgehead atoms. The van der Waals surface area contributed by atoms with E-state index in [2.05, 4.69) is 20.3 Å². The SMILES string of the molecule is CNc1nc(C(C)(C#N)C#N)nc(C(C)(C#N)C#N)n1. The first-order valence-electron chi connectivity index (χ1n) is 5.49. The molecule has 1 aromatic rings.